The number of amides is 1. The number of hydrogen-bond donors (Lipinski definition) is 2. The predicted octanol–water partition coefficient (Wildman–Crippen LogP) is 3.08. The topological polar surface area (TPSA) is 73.6 Å². The number of rotatable bonds is 3. The Morgan fingerprint density at radius 3 is 2.61 bits per heavy atom. The molecule has 0 aliphatic rings. The second kappa shape index (κ2) is 6.04. The molecule has 5 nitrogen and oxygen atoms in total. The molecule has 1 rings (SSSR count). The van der Waals surface area contributed by atoms with Crippen LogP contribution < -0.4 is 11.2 Å². The first-order chi connectivity index (χ1) is 8.31. The van der Waals surface area contributed by atoms with Crippen LogP contribution in [-0.2, 0) is 16.2 Å². The van der Waals surface area contributed by atoms with Crippen molar-refractivity contribution in [2.24, 2.45) is 5.90 Å². The van der Waals surface area contributed by atoms with Crippen molar-refractivity contribution in [3.05, 3.63) is 28.8 Å². The van der Waals surface area contributed by atoms with Crippen molar-refractivity contribution in [2.75, 3.05) is 5.32 Å². The van der Waals surface area contributed by atoms with Crippen molar-refractivity contribution < 1.29 is 14.4 Å². The van der Waals surface area contributed by atoms with E-state index in [1.165, 1.54) is 0 Å². The zero-order valence-corrected chi connectivity index (χ0v) is 11.4. The van der Waals surface area contributed by atoms with Crippen LogP contribution in [0.4, 0.5) is 10.5 Å². The van der Waals surface area contributed by atoms with E-state index in [1.807, 2.05) is 0 Å². The lowest BCUT2D eigenvalue weighted by atomic mass is 10.2. The van der Waals surface area contributed by atoms with Gasteiger partial charge in [-0.1, -0.05) is 17.7 Å². The largest absolute Gasteiger partial charge is 0.444 e. The maximum Gasteiger partial charge on any atom is 0.412 e. The fraction of sp³-hybridized carbons (Fsp3) is 0.417. The van der Waals surface area contributed by atoms with E-state index in [0.29, 0.717) is 10.7 Å². The zero-order chi connectivity index (χ0) is 13.8. The van der Waals surface area contributed by atoms with Crippen molar-refractivity contribution in [1.82, 2.24) is 0 Å². The van der Waals surface area contributed by atoms with E-state index in [4.69, 9.17) is 22.2 Å². The molecule has 0 bridgehead atoms. The predicted molar refractivity (Wildman–Crippen MR) is 70.3 cm³/mol. The molecular formula is C12H17ClN2O3. The summed E-state index contributed by atoms with van der Waals surface area (Å²) in [6.07, 6.45) is -0.526. The maximum atomic E-state index is 11.5. The number of carbonyl (C=O) groups is 1. The van der Waals surface area contributed by atoms with E-state index >= 15 is 0 Å². The minimum atomic E-state index is -0.540. The average molecular weight is 273 g/mol. The summed E-state index contributed by atoms with van der Waals surface area (Å²) in [5, 5.41) is 3.06. The smallest absolute Gasteiger partial charge is 0.412 e. The standard InChI is InChI=1S/C12H17ClN2O3/c1-12(2,3)18-11(16)15-9-5-4-8(7-17-14)10(13)6-9/h4-6H,7,14H2,1-3H3,(H,15,16). The van der Waals surface area contributed by atoms with E-state index in [9.17, 15) is 4.79 Å². The third kappa shape index (κ3) is 4.91. The second-order valence-electron chi connectivity index (χ2n) is 4.74. The molecule has 0 unspecified atom stereocenters. The molecule has 0 aliphatic heterocycles. The number of halogens is 1. The number of hydrogen-bond acceptors (Lipinski definition) is 4. The fourth-order valence-corrected chi connectivity index (χ4v) is 1.49. The summed E-state index contributed by atoms with van der Waals surface area (Å²) in [6, 6.07) is 5.03. The molecule has 0 aromatic heterocycles. The van der Waals surface area contributed by atoms with Gasteiger partial charge in [0.15, 0.2) is 0 Å². The maximum absolute atomic E-state index is 11.5. The van der Waals surface area contributed by atoms with Gasteiger partial charge in [0.1, 0.15) is 5.60 Å². The van der Waals surface area contributed by atoms with Gasteiger partial charge in [0.2, 0.25) is 0 Å². The molecule has 1 aromatic carbocycles. The van der Waals surface area contributed by atoms with Crippen LogP contribution in [0.25, 0.3) is 0 Å². The molecule has 0 spiro atoms. The summed E-state index contributed by atoms with van der Waals surface area (Å²) < 4.78 is 5.12. The molecule has 0 saturated carbocycles. The summed E-state index contributed by atoms with van der Waals surface area (Å²) in [5.41, 5.74) is 0.755. The average Bonchev–Trinajstić information content (AvgIpc) is 2.19. The zero-order valence-electron chi connectivity index (χ0n) is 10.6. The third-order valence-electron chi connectivity index (χ3n) is 1.94. The van der Waals surface area contributed by atoms with Crippen LogP contribution in [0.15, 0.2) is 18.2 Å². The number of ether oxygens (including phenoxy) is 1. The van der Waals surface area contributed by atoms with Crippen molar-refractivity contribution in [2.45, 2.75) is 33.0 Å². The van der Waals surface area contributed by atoms with Crippen LogP contribution in [0.1, 0.15) is 26.3 Å². The molecule has 0 atom stereocenters. The first-order valence-corrected chi connectivity index (χ1v) is 5.80. The highest BCUT2D eigenvalue weighted by atomic mass is 35.5. The van der Waals surface area contributed by atoms with Crippen LogP contribution in [0.2, 0.25) is 5.02 Å². The summed E-state index contributed by atoms with van der Waals surface area (Å²) in [6.45, 7) is 5.59. The van der Waals surface area contributed by atoms with Gasteiger partial charge in [-0.25, -0.2) is 10.7 Å². The SMILES string of the molecule is CC(C)(C)OC(=O)Nc1ccc(CON)c(Cl)c1. The molecular weight excluding hydrogens is 256 g/mol. The number of nitrogens with two attached hydrogens (primary N) is 1. The minimum Gasteiger partial charge on any atom is -0.444 e. The van der Waals surface area contributed by atoms with E-state index in [1.54, 1.807) is 39.0 Å². The van der Waals surface area contributed by atoms with Crippen LogP contribution in [0.3, 0.4) is 0 Å². The van der Waals surface area contributed by atoms with E-state index in [-0.39, 0.29) is 6.61 Å². The summed E-state index contributed by atoms with van der Waals surface area (Å²) >= 11 is 6.00. The third-order valence-corrected chi connectivity index (χ3v) is 2.29. The highest BCUT2D eigenvalue weighted by Gasteiger charge is 2.16. The Hall–Kier alpha value is -1.30. The van der Waals surface area contributed by atoms with Crippen molar-refractivity contribution in [1.29, 1.82) is 0 Å². The number of nitrogens with one attached hydrogen (secondary N) is 1. The van der Waals surface area contributed by atoms with E-state index in [0.717, 1.165) is 5.56 Å². The van der Waals surface area contributed by atoms with Gasteiger partial charge in [0.25, 0.3) is 0 Å². The van der Waals surface area contributed by atoms with E-state index in [2.05, 4.69) is 10.2 Å². The molecule has 0 saturated heterocycles. The molecule has 0 fully saturated rings. The molecule has 100 valence electrons. The highest BCUT2D eigenvalue weighted by molar-refractivity contribution is 6.31. The van der Waals surface area contributed by atoms with Crippen molar-refractivity contribution >= 4 is 23.4 Å². The first-order valence-electron chi connectivity index (χ1n) is 5.42. The van der Waals surface area contributed by atoms with Gasteiger partial charge in [-0.3, -0.25) is 10.2 Å². The molecule has 6 heteroatoms. The molecule has 0 radical (unpaired) electrons. The van der Waals surface area contributed by atoms with Gasteiger partial charge in [-0.05, 0) is 38.5 Å². The second-order valence-corrected chi connectivity index (χ2v) is 5.15. The summed E-state index contributed by atoms with van der Waals surface area (Å²) in [7, 11) is 0. The van der Waals surface area contributed by atoms with Gasteiger partial charge in [-0.2, -0.15) is 0 Å². The van der Waals surface area contributed by atoms with Gasteiger partial charge in [0, 0.05) is 10.7 Å². The Balaban J connectivity index is 2.69. The van der Waals surface area contributed by atoms with Crippen LogP contribution in [-0.4, -0.2) is 11.7 Å². The quantitative estimate of drug-likeness (QED) is 0.830. The lowest BCUT2D eigenvalue weighted by molar-refractivity contribution is 0.0636. The molecule has 0 heterocycles. The van der Waals surface area contributed by atoms with Gasteiger partial charge >= 0.3 is 6.09 Å². The first kappa shape index (κ1) is 14.8. The monoisotopic (exact) mass is 272 g/mol. The lowest BCUT2D eigenvalue weighted by Gasteiger charge is -2.19. The number of anilines is 1. The Labute approximate surface area is 111 Å². The number of carbonyl (C=O) groups excluding carboxylic acids is 1. The number of benzene rings is 1. The Morgan fingerprint density at radius 1 is 1.44 bits per heavy atom. The Kier molecular flexibility index (Phi) is 4.95. The van der Waals surface area contributed by atoms with Crippen LogP contribution in [0, 0.1) is 0 Å². The van der Waals surface area contributed by atoms with Gasteiger partial charge in [0.05, 0.1) is 6.61 Å². The Morgan fingerprint density at radius 2 is 2.11 bits per heavy atom. The molecule has 1 amide bonds. The van der Waals surface area contributed by atoms with Gasteiger partial charge in [-0.15, -0.1) is 0 Å². The van der Waals surface area contributed by atoms with Gasteiger partial charge < -0.3 is 4.74 Å². The summed E-state index contributed by atoms with van der Waals surface area (Å²) in [4.78, 5) is 16.0. The Bertz CT molecular complexity index is 430. The molecule has 18 heavy (non-hydrogen) atoms. The fourth-order valence-electron chi connectivity index (χ4n) is 1.25. The van der Waals surface area contributed by atoms with E-state index < -0.39 is 11.7 Å². The highest BCUT2D eigenvalue weighted by Crippen LogP contribution is 2.22. The summed E-state index contributed by atoms with van der Waals surface area (Å²) in [5.74, 6) is 4.97. The van der Waals surface area contributed by atoms with Crippen molar-refractivity contribution in [3.8, 4) is 0 Å². The molecule has 1 aromatic rings. The molecule has 3 N–H and O–H groups in total. The van der Waals surface area contributed by atoms with Crippen LogP contribution >= 0.6 is 11.6 Å². The van der Waals surface area contributed by atoms with Crippen molar-refractivity contribution in [3.63, 3.8) is 0 Å². The normalized spacial score (nSPS) is 11.2. The molecule has 0 aliphatic carbocycles. The lowest BCUT2D eigenvalue weighted by Crippen LogP contribution is -2.27. The minimum absolute atomic E-state index is 0.214. The van der Waals surface area contributed by atoms with Crippen LogP contribution in [0.5, 0.6) is 0 Å².